The number of thioether (sulfide) groups is 1. The molecule has 0 bridgehead atoms. The highest BCUT2D eigenvalue weighted by Crippen LogP contribution is 2.11. The number of hydrogen-bond acceptors (Lipinski definition) is 3. The third-order valence-corrected chi connectivity index (χ3v) is 2.15. The molecule has 3 nitrogen and oxygen atoms in total. The summed E-state index contributed by atoms with van der Waals surface area (Å²) in [5, 5.41) is 10.4. The first kappa shape index (κ1) is 8.62. The molecule has 0 aliphatic carbocycles. The second kappa shape index (κ2) is 4.41. The average Bonchev–Trinajstić information content (AvgIpc) is 2.03. The van der Waals surface area contributed by atoms with Gasteiger partial charge in [-0.3, -0.25) is 4.79 Å². The molecule has 0 fully saturated rings. The van der Waals surface area contributed by atoms with E-state index in [1.165, 1.54) is 11.8 Å². The fourth-order valence-corrected chi connectivity index (χ4v) is 1.48. The molecule has 0 aromatic carbocycles. The summed E-state index contributed by atoms with van der Waals surface area (Å²) in [6, 6.07) is 0. The van der Waals surface area contributed by atoms with Crippen LogP contribution in [0.4, 0.5) is 0 Å². The number of carbonyl (C=O) groups excluding carboxylic acids is 1. The highest BCUT2D eigenvalue weighted by molar-refractivity contribution is 8.02. The van der Waals surface area contributed by atoms with Gasteiger partial charge in [-0.15, -0.1) is 11.8 Å². The van der Waals surface area contributed by atoms with Crippen LogP contribution in [0.5, 0.6) is 0 Å². The van der Waals surface area contributed by atoms with Crippen LogP contribution in [0.1, 0.15) is 6.42 Å². The van der Waals surface area contributed by atoms with Crippen LogP contribution >= 0.6 is 11.8 Å². The lowest BCUT2D eigenvalue weighted by molar-refractivity contribution is -0.126. The number of rotatable bonds is 3. The van der Waals surface area contributed by atoms with Gasteiger partial charge < -0.3 is 10.0 Å². The van der Waals surface area contributed by atoms with Crippen LogP contribution < -0.4 is 0 Å². The fourth-order valence-electron chi connectivity index (χ4n) is 0.842. The van der Waals surface area contributed by atoms with E-state index in [4.69, 9.17) is 5.11 Å². The Morgan fingerprint density at radius 3 is 3.18 bits per heavy atom. The molecule has 1 aliphatic heterocycles. The Bertz CT molecular complexity index is 170. The van der Waals surface area contributed by atoms with Gasteiger partial charge in [-0.2, -0.15) is 0 Å². The highest BCUT2D eigenvalue weighted by atomic mass is 32.2. The third kappa shape index (κ3) is 2.55. The van der Waals surface area contributed by atoms with E-state index < -0.39 is 0 Å². The summed E-state index contributed by atoms with van der Waals surface area (Å²) in [6.45, 7) is 0.775. The monoisotopic (exact) mass is 173 g/mol. The van der Waals surface area contributed by atoms with Gasteiger partial charge in [0.05, 0.1) is 5.75 Å². The molecular weight excluding hydrogens is 162 g/mol. The molecule has 0 unspecified atom stereocenters. The van der Waals surface area contributed by atoms with Crippen LogP contribution in [0.15, 0.2) is 11.6 Å². The van der Waals surface area contributed by atoms with E-state index in [0.717, 1.165) is 0 Å². The topological polar surface area (TPSA) is 40.5 Å². The van der Waals surface area contributed by atoms with Crippen LogP contribution in [-0.4, -0.2) is 34.8 Å². The number of aliphatic hydroxyl groups is 1. The Labute approximate surface area is 70.1 Å². The summed E-state index contributed by atoms with van der Waals surface area (Å²) in [7, 11) is 0. The van der Waals surface area contributed by atoms with Crippen molar-refractivity contribution in [2.45, 2.75) is 6.42 Å². The summed E-state index contributed by atoms with van der Waals surface area (Å²) in [5.41, 5.74) is 0. The molecule has 1 aliphatic rings. The number of aliphatic hydroxyl groups excluding tert-OH is 1. The van der Waals surface area contributed by atoms with Crippen molar-refractivity contribution in [3.05, 3.63) is 11.6 Å². The van der Waals surface area contributed by atoms with Crippen molar-refractivity contribution in [3.8, 4) is 0 Å². The largest absolute Gasteiger partial charge is 0.396 e. The first-order valence-corrected chi connectivity index (χ1v) is 4.58. The molecule has 11 heavy (non-hydrogen) atoms. The summed E-state index contributed by atoms with van der Waals surface area (Å²) in [6.07, 6.45) is 2.42. The molecule has 0 spiro atoms. The van der Waals surface area contributed by atoms with Gasteiger partial charge in [-0.05, 0) is 11.8 Å². The molecular formula is C7H11NO2S. The molecule has 1 N–H and O–H groups in total. The van der Waals surface area contributed by atoms with Crippen LogP contribution in [0.3, 0.4) is 0 Å². The molecule has 1 amide bonds. The molecule has 0 saturated carbocycles. The third-order valence-electron chi connectivity index (χ3n) is 1.42. The molecule has 0 aromatic heterocycles. The Balaban J connectivity index is 2.35. The second-order valence-corrected chi connectivity index (χ2v) is 3.15. The summed E-state index contributed by atoms with van der Waals surface area (Å²) in [4.78, 5) is 12.7. The first-order chi connectivity index (χ1) is 5.34. The number of hydrogen-bond donors (Lipinski definition) is 1. The summed E-state index contributed by atoms with van der Waals surface area (Å²) < 4.78 is 0. The fraction of sp³-hybridized carbons (Fsp3) is 0.571. The van der Waals surface area contributed by atoms with E-state index in [2.05, 4.69) is 0 Å². The standard InChI is InChI=1S/C7H11NO2S/c9-4-1-2-8-3-5-11-6-7(8)10/h3,5,9H,1-2,4,6H2. The molecule has 0 atom stereocenters. The zero-order valence-corrected chi connectivity index (χ0v) is 7.01. The summed E-state index contributed by atoms with van der Waals surface area (Å²) >= 11 is 1.51. The predicted octanol–water partition coefficient (Wildman–Crippen LogP) is 0.415. The molecule has 0 aromatic rings. The van der Waals surface area contributed by atoms with Gasteiger partial charge in [0.15, 0.2) is 0 Å². The molecule has 1 heterocycles. The Hall–Kier alpha value is -0.480. The van der Waals surface area contributed by atoms with Gasteiger partial charge in [-0.1, -0.05) is 0 Å². The molecule has 62 valence electrons. The molecule has 0 saturated heterocycles. The van der Waals surface area contributed by atoms with E-state index in [9.17, 15) is 4.79 Å². The van der Waals surface area contributed by atoms with Crippen molar-refractivity contribution < 1.29 is 9.90 Å². The maximum Gasteiger partial charge on any atom is 0.236 e. The van der Waals surface area contributed by atoms with Crippen LogP contribution in [0.25, 0.3) is 0 Å². The van der Waals surface area contributed by atoms with E-state index in [0.29, 0.717) is 18.7 Å². The lowest BCUT2D eigenvalue weighted by Gasteiger charge is -2.20. The van der Waals surface area contributed by atoms with Crippen molar-refractivity contribution in [1.29, 1.82) is 0 Å². The number of carbonyl (C=O) groups is 1. The Morgan fingerprint density at radius 1 is 1.73 bits per heavy atom. The minimum Gasteiger partial charge on any atom is -0.396 e. The lowest BCUT2D eigenvalue weighted by Crippen LogP contribution is -2.30. The SMILES string of the molecule is O=C1CSC=CN1CCCO. The Kier molecular flexibility index (Phi) is 3.45. The van der Waals surface area contributed by atoms with Gasteiger partial charge in [0, 0.05) is 19.4 Å². The zero-order chi connectivity index (χ0) is 8.10. The second-order valence-electron chi connectivity index (χ2n) is 2.26. The summed E-state index contributed by atoms with van der Waals surface area (Å²) in [5.74, 6) is 0.660. The highest BCUT2D eigenvalue weighted by Gasteiger charge is 2.12. The van der Waals surface area contributed by atoms with Gasteiger partial charge in [-0.25, -0.2) is 0 Å². The molecule has 0 radical (unpaired) electrons. The quantitative estimate of drug-likeness (QED) is 0.672. The smallest absolute Gasteiger partial charge is 0.236 e. The van der Waals surface area contributed by atoms with Crippen molar-refractivity contribution in [1.82, 2.24) is 4.90 Å². The van der Waals surface area contributed by atoms with Crippen molar-refractivity contribution in [2.24, 2.45) is 0 Å². The molecule has 1 rings (SSSR count). The van der Waals surface area contributed by atoms with Crippen molar-refractivity contribution >= 4 is 17.7 Å². The van der Waals surface area contributed by atoms with E-state index in [1.807, 2.05) is 5.41 Å². The predicted molar refractivity (Wildman–Crippen MR) is 45.0 cm³/mol. The molecule has 4 heteroatoms. The number of amides is 1. The van der Waals surface area contributed by atoms with Gasteiger partial charge >= 0.3 is 0 Å². The Morgan fingerprint density at radius 2 is 2.55 bits per heavy atom. The maximum atomic E-state index is 11.1. The first-order valence-electron chi connectivity index (χ1n) is 3.53. The number of nitrogens with zero attached hydrogens (tertiary/aromatic N) is 1. The van der Waals surface area contributed by atoms with E-state index in [-0.39, 0.29) is 12.5 Å². The average molecular weight is 173 g/mol. The minimum atomic E-state index is 0.131. The van der Waals surface area contributed by atoms with Gasteiger partial charge in [0.25, 0.3) is 0 Å². The normalized spacial score (nSPS) is 17.5. The maximum absolute atomic E-state index is 11.1. The van der Waals surface area contributed by atoms with Crippen LogP contribution in [0, 0.1) is 0 Å². The zero-order valence-electron chi connectivity index (χ0n) is 6.19. The van der Waals surface area contributed by atoms with Gasteiger partial charge in [0.2, 0.25) is 5.91 Å². The lowest BCUT2D eigenvalue weighted by atomic mass is 10.4. The van der Waals surface area contributed by atoms with Crippen LogP contribution in [0.2, 0.25) is 0 Å². The van der Waals surface area contributed by atoms with Crippen molar-refractivity contribution in [3.63, 3.8) is 0 Å². The van der Waals surface area contributed by atoms with Crippen LogP contribution in [-0.2, 0) is 4.79 Å². The van der Waals surface area contributed by atoms with E-state index in [1.54, 1.807) is 11.1 Å². The minimum absolute atomic E-state index is 0.131. The van der Waals surface area contributed by atoms with E-state index >= 15 is 0 Å². The van der Waals surface area contributed by atoms with Gasteiger partial charge in [0.1, 0.15) is 0 Å². The van der Waals surface area contributed by atoms with Crippen molar-refractivity contribution in [2.75, 3.05) is 18.9 Å².